The fourth-order valence-electron chi connectivity index (χ4n) is 2.27. The van der Waals surface area contributed by atoms with Crippen molar-refractivity contribution in [3.8, 4) is 5.75 Å². The summed E-state index contributed by atoms with van der Waals surface area (Å²) in [6.45, 7) is 0. The Balaban J connectivity index is 2.18. The highest BCUT2D eigenvalue weighted by molar-refractivity contribution is 6.30. The van der Waals surface area contributed by atoms with Gasteiger partial charge in [-0.1, -0.05) is 29.8 Å². The first-order valence-electron chi connectivity index (χ1n) is 7.31. The van der Waals surface area contributed by atoms with E-state index in [2.05, 4.69) is 5.32 Å². The number of carbonyl (C=O) groups is 2. The quantitative estimate of drug-likeness (QED) is 0.816. The number of methoxy groups -OCH3 is 2. The molecule has 5 nitrogen and oxygen atoms in total. The highest BCUT2D eigenvalue weighted by atomic mass is 35.5. The van der Waals surface area contributed by atoms with Crippen LogP contribution in [0.15, 0.2) is 48.5 Å². The summed E-state index contributed by atoms with van der Waals surface area (Å²) in [5.74, 6) is -0.257. The Morgan fingerprint density at radius 2 is 1.75 bits per heavy atom. The molecule has 0 spiro atoms. The Morgan fingerprint density at radius 3 is 2.38 bits per heavy atom. The van der Waals surface area contributed by atoms with Gasteiger partial charge >= 0.3 is 5.97 Å². The minimum atomic E-state index is -0.825. The fourth-order valence-corrected chi connectivity index (χ4v) is 2.40. The molecule has 1 N–H and O–H groups in total. The van der Waals surface area contributed by atoms with Crippen LogP contribution in [0.3, 0.4) is 0 Å². The zero-order valence-corrected chi connectivity index (χ0v) is 14.2. The van der Waals surface area contributed by atoms with Crippen LogP contribution >= 0.6 is 11.6 Å². The molecule has 1 amide bonds. The lowest BCUT2D eigenvalue weighted by Crippen LogP contribution is -2.43. The average molecular weight is 348 g/mol. The second-order valence-electron chi connectivity index (χ2n) is 5.07. The summed E-state index contributed by atoms with van der Waals surface area (Å²) in [6, 6.07) is 12.9. The molecule has 0 aromatic heterocycles. The van der Waals surface area contributed by atoms with E-state index in [1.54, 1.807) is 37.4 Å². The van der Waals surface area contributed by atoms with Crippen molar-refractivity contribution >= 4 is 23.5 Å². The van der Waals surface area contributed by atoms with Gasteiger partial charge < -0.3 is 14.8 Å². The average Bonchev–Trinajstić information content (AvgIpc) is 2.61. The molecule has 24 heavy (non-hydrogen) atoms. The van der Waals surface area contributed by atoms with Gasteiger partial charge in [-0.3, -0.25) is 4.79 Å². The van der Waals surface area contributed by atoms with Gasteiger partial charge in [-0.05, 0) is 35.9 Å². The first kappa shape index (κ1) is 17.8. The summed E-state index contributed by atoms with van der Waals surface area (Å²) >= 11 is 5.82. The molecule has 0 radical (unpaired) electrons. The Morgan fingerprint density at radius 1 is 1.08 bits per heavy atom. The van der Waals surface area contributed by atoms with Crippen LogP contribution in [-0.4, -0.2) is 32.1 Å². The second kappa shape index (κ2) is 8.36. The first-order valence-corrected chi connectivity index (χ1v) is 7.69. The standard InChI is InChI=1S/C18H18ClNO4/c1-23-16-6-4-3-5-13(16)11-15(18(22)24-2)20-17(21)12-7-9-14(19)10-8-12/h3-10,15H,11H2,1-2H3,(H,20,21)/t15-/m0/s1. The fraction of sp³-hybridized carbons (Fsp3) is 0.222. The zero-order chi connectivity index (χ0) is 17.5. The van der Waals surface area contributed by atoms with E-state index in [0.29, 0.717) is 16.3 Å². The van der Waals surface area contributed by atoms with E-state index in [0.717, 1.165) is 5.56 Å². The topological polar surface area (TPSA) is 64.6 Å². The van der Waals surface area contributed by atoms with Crippen LogP contribution in [0.1, 0.15) is 15.9 Å². The monoisotopic (exact) mass is 347 g/mol. The summed E-state index contributed by atoms with van der Waals surface area (Å²) in [7, 11) is 2.84. The van der Waals surface area contributed by atoms with Gasteiger partial charge in [0, 0.05) is 17.0 Å². The smallest absolute Gasteiger partial charge is 0.328 e. The Bertz CT molecular complexity index is 715. The predicted octanol–water partition coefficient (Wildman–Crippen LogP) is 2.86. The largest absolute Gasteiger partial charge is 0.496 e. The Labute approximate surface area is 145 Å². The van der Waals surface area contributed by atoms with Crippen molar-refractivity contribution < 1.29 is 19.1 Å². The van der Waals surface area contributed by atoms with Crippen molar-refractivity contribution in [3.05, 3.63) is 64.7 Å². The molecule has 126 valence electrons. The van der Waals surface area contributed by atoms with E-state index in [4.69, 9.17) is 21.1 Å². The molecule has 1 atom stereocenters. The number of ether oxygens (including phenoxy) is 2. The number of amides is 1. The van der Waals surface area contributed by atoms with Crippen molar-refractivity contribution in [2.75, 3.05) is 14.2 Å². The molecular formula is C18H18ClNO4. The lowest BCUT2D eigenvalue weighted by molar-refractivity contribution is -0.142. The molecule has 0 saturated heterocycles. The highest BCUT2D eigenvalue weighted by Gasteiger charge is 2.23. The number of benzene rings is 2. The number of hydrogen-bond donors (Lipinski definition) is 1. The molecule has 2 aromatic carbocycles. The third-order valence-electron chi connectivity index (χ3n) is 3.51. The van der Waals surface area contributed by atoms with Crippen LogP contribution in [0, 0.1) is 0 Å². The van der Waals surface area contributed by atoms with Crippen LogP contribution in [-0.2, 0) is 16.0 Å². The highest BCUT2D eigenvalue weighted by Crippen LogP contribution is 2.19. The minimum Gasteiger partial charge on any atom is -0.496 e. The molecule has 0 aliphatic rings. The van der Waals surface area contributed by atoms with Gasteiger partial charge in [-0.25, -0.2) is 4.79 Å². The SMILES string of the molecule is COC(=O)[C@H](Cc1ccccc1OC)NC(=O)c1ccc(Cl)cc1. The van der Waals surface area contributed by atoms with Crippen molar-refractivity contribution in [3.63, 3.8) is 0 Å². The van der Waals surface area contributed by atoms with Gasteiger partial charge in [-0.2, -0.15) is 0 Å². The second-order valence-corrected chi connectivity index (χ2v) is 5.51. The first-order chi connectivity index (χ1) is 11.5. The van der Waals surface area contributed by atoms with E-state index in [-0.39, 0.29) is 12.3 Å². The predicted molar refractivity (Wildman–Crippen MR) is 91.4 cm³/mol. The molecule has 0 fully saturated rings. The third-order valence-corrected chi connectivity index (χ3v) is 3.77. The molecule has 0 aliphatic heterocycles. The molecule has 0 heterocycles. The van der Waals surface area contributed by atoms with Crippen LogP contribution < -0.4 is 10.1 Å². The van der Waals surface area contributed by atoms with Crippen molar-refractivity contribution in [2.24, 2.45) is 0 Å². The van der Waals surface area contributed by atoms with Crippen molar-refractivity contribution in [1.29, 1.82) is 0 Å². The lowest BCUT2D eigenvalue weighted by atomic mass is 10.0. The number of para-hydroxylation sites is 1. The van der Waals surface area contributed by atoms with E-state index in [9.17, 15) is 9.59 Å². The zero-order valence-electron chi connectivity index (χ0n) is 13.4. The maximum atomic E-state index is 12.3. The molecule has 0 saturated carbocycles. The van der Waals surface area contributed by atoms with Gasteiger partial charge in [0.25, 0.3) is 5.91 Å². The van der Waals surface area contributed by atoms with Gasteiger partial charge in [-0.15, -0.1) is 0 Å². The van der Waals surface area contributed by atoms with Gasteiger partial charge in [0.2, 0.25) is 0 Å². The summed E-state index contributed by atoms with van der Waals surface area (Å²) in [5.41, 5.74) is 1.21. The third kappa shape index (κ3) is 4.49. The van der Waals surface area contributed by atoms with E-state index in [1.165, 1.54) is 7.11 Å². The molecule has 2 rings (SSSR count). The van der Waals surface area contributed by atoms with Crippen LogP contribution in [0.2, 0.25) is 5.02 Å². The lowest BCUT2D eigenvalue weighted by Gasteiger charge is -2.18. The molecule has 0 bridgehead atoms. The number of halogens is 1. The van der Waals surface area contributed by atoms with Crippen LogP contribution in [0.4, 0.5) is 0 Å². The number of esters is 1. The summed E-state index contributed by atoms with van der Waals surface area (Å²) in [5, 5.41) is 3.22. The number of hydrogen-bond acceptors (Lipinski definition) is 4. The molecule has 6 heteroatoms. The summed E-state index contributed by atoms with van der Waals surface area (Å²) in [4.78, 5) is 24.4. The van der Waals surface area contributed by atoms with Gasteiger partial charge in [0.05, 0.1) is 14.2 Å². The van der Waals surface area contributed by atoms with Crippen molar-refractivity contribution in [2.45, 2.75) is 12.5 Å². The van der Waals surface area contributed by atoms with Gasteiger partial charge in [0.1, 0.15) is 11.8 Å². The molecular weight excluding hydrogens is 330 g/mol. The maximum Gasteiger partial charge on any atom is 0.328 e. The van der Waals surface area contributed by atoms with E-state index in [1.807, 2.05) is 18.2 Å². The van der Waals surface area contributed by atoms with Crippen molar-refractivity contribution in [1.82, 2.24) is 5.32 Å². The van der Waals surface area contributed by atoms with Crippen LogP contribution in [0.25, 0.3) is 0 Å². The molecule has 2 aromatic rings. The normalized spacial score (nSPS) is 11.5. The van der Waals surface area contributed by atoms with Gasteiger partial charge in [0.15, 0.2) is 0 Å². The van der Waals surface area contributed by atoms with E-state index < -0.39 is 12.0 Å². The molecule has 0 aliphatic carbocycles. The Hall–Kier alpha value is -2.53. The van der Waals surface area contributed by atoms with Crippen LogP contribution in [0.5, 0.6) is 5.75 Å². The molecule has 0 unspecified atom stereocenters. The Kier molecular flexibility index (Phi) is 6.21. The summed E-state index contributed by atoms with van der Waals surface area (Å²) < 4.78 is 10.1. The minimum absolute atomic E-state index is 0.260. The number of rotatable bonds is 6. The number of carbonyl (C=O) groups excluding carboxylic acids is 2. The van der Waals surface area contributed by atoms with E-state index >= 15 is 0 Å². The summed E-state index contributed by atoms with van der Waals surface area (Å²) in [6.07, 6.45) is 0.260. The number of nitrogens with one attached hydrogen (secondary N) is 1. The maximum absolute atomic E-state index is 12.3.